The number of carbonyl (C=O) groups excluding carboxylic acids is 1. The predicted molar refractivity (Wildman–Crippen MR) is 126 cm³/mol. The number of methoxy groups -OCH3 is 1. The summed E-state index contributed by atoms with van der Waals surface area (Å²) in [4.78, 5) is 17.2. The normalized spacial score (nSPS) is 10.9. The fourth-order valence-corrected chi connectivity index (χ4v) is 3.83. The second kappa shape index (κ2) is 9.79. The Morgan fingerprint density at radius 1 is 1.00 bits per heavy atom. The topological polar surface area (TPSA) is 56.1 Å². The maximum Gasteiger partial charge on any atom is 0.224 e. The summed E-state index contributed by atoms with van der Waals surface area (Å²) in [5, 5.41) is 3.02. The fourth-order valence-electron chi connectivity index (χ4n) is 3.57. The predicted octanol–water partition coefficient (Wildman–Crippen LogP) is 4.76. The van der Waals surface area contributed by atoms with Gasteiger partial charge in [-0.15, -0.1) is 0 Å². The van der Waals surface area contributed by atoms with Gasteiger partial charge in [-0.25, -0.2) is 4.98 Å². The van der Waals surface area contributed by atoms with Crippen LogP contribution in [0.25, 0.3) is 11.0 Å². The molecule has 5 nitrogen and oxygen atoms in total. The third-order valence-corrected chi connectivity index (χ3v) is 5.71. The van der Waals surface area contributed by atoms with Crippen molar-refractivity contribution < 1.29 is 9.53 Å². The molecule has 6 heteroatoms. The van der Waals surface area contributed by atoms with Gasteiger partial charge in [0.05, 0.1) is 24.6 Å². The lowest BCUT2D eigenvalue weighted by Crippen LogP contribution is -2.28. The van der Waals surface area contributed by atoms with Crippen LogP contribution in [0.3, 0.4) is 0 Å². The molecule has 3 aromatic carbocycles. The molecular formula is C25H24BrN3O2. The zero-order chi connectivity index (χ0) is 21.6. The summed E-state index contributed by atoms with van der Waals surface area (Å²) in [6, 6.07) is 24.0. The summed E-state index contributed by atoms with van der Waals surface area (Å²) in [7, 11) is 1.63. The van der Waals surface area contributed by atoms with Crippen molar-refractivity contribution in [3.8, 4) is 5.75 Å². The van der Waals surface area contributed by atoms with E-state index in [0.717, 1.165) is 39.2 Å². The Balaban J connectivity index is 1.42. The van der Waals surface area contributed by atoms with E-state index in [-0.39, 0.29) is 5.91 Å². The van der Waals surface area contributed by atoms with Crippen LogP contribution in [-0.4, -0.2) is 29.1 Å². The highest BCUT2D eigenvalue weighted by atomic mass is 79.9. The van der Waals surface area contributed by atoms with E-state index in [2.05, 4.69) is 44.0 Å². The van der Waals surface area contributed by atoms with E-state index in [9.17, 15) is 4.79 Å². The van der Waals surface area contributed by atoms with Crippen LogP contribution >= 0.6 is 15.9 Å². The maximum absolute atomic E-state index is 12.4. The lowest BCUT2D eigenvalue weighted by atomic mass is 10.1. The molecule has 0 bridgehead atoms. The summed E-state index contributed by atoms with van der Waals surface area (Å²) in [5.41, 5.74) is 4.24. The summed E-state index contributed by atoms with van der Waals surface area (Å²) in [6.45, 7) is 1.28. The van der Waals surface area contributed by atoms with Crippen molar-refractivity contribution in [2.24, 2.45) is 0 Å². The number of nitrogens with one attached hydrogen (secondary N) is 1. The average Bonchev–Trinajstić information content (AvgIpc) is 3.13. The van der Waals surface area contributed by atoms with Gasteiger partial charge in [-0.1, -0.05) is 52.3 Å². The summed E-state index contributed by atoms with van der Waals surface area (Å²) < 4.78 is 8.45. The molecule has 1 amide bonds. The molecule has 0 radical (unpaired) electrons. The Kier molecular flexibility index (Phi) is 6.67. The van der Waals surface area contributed by atoms with E-state index in [1.807, 2.05) is 54.6 Å². The van der Waals surface area contributed by atoms with Gasteiger partial charge in [0.25, 0.3) is 0 Å². The average molecular weight is 478 g/mol. The minimum absolute atomic E-state index is 0.000683. The number of ether oxygens (including phenoxy) is 1. The number of para-hydroxylation sites is 2. The number of fused-ring (bicyclic) bond motifs is 1. The molecule has 0 saturated carbocycles. The third kappa shape index (κ3) is 5.33. The Hall–Kier alpha value is -3.12. The van der Waals surface area contributed by atoms with Gasteiger partial charge in [-0.3, -0.25) is 4.79 Å². The van der Waals surface area contributed by atoms with Crippen molar-refractivity contribution in [2.45, 2.75) is 19.4 Å². The molecule has 4 rings (SSSR count). The number of amides is 1. The Morgan fingerprint density at radius 2 is 1.71 bits per heavy atom. The molecular weight excluding hydrogens is 454 g/mol. The van der Waals surface area contributed by atoms with Gasteiger partial charge in [0.1, 0.15) is 11.6 Å². The zero-order valence-electron chi connectivity index (χ0n) is 17.3. The van der Waals surface area contributed by atoms with Crippen molar-refractivity contribution >= 4 is 32.9 Å². The number of hydrogen-bond acceptors (Lipinski definition) is 3. The molecule has 0 atom stereocenters. The first-order valence-electron chi connectivity index (χ1n) is 10.2. The molecule has 0 saturated heterocycles. The van der Waals surface area contributed by atoms with Crippen molar-refractivity contribution in [1.29, 1.82) is 0 Å². The van der Waals surface area contributed by atoms with Crippen LogP contribution in [0.5, 0.6) is 5.75 Å². The number of nitrogens with zero attached hydrogens (tertiary/aromatic N) is 2. The molecule has 1 heterocycles. The van der Waals surface area contributed by atoms with Crippen molar-refractivity contribution in [2.75, 3.05) is 13.7 Å². The maximum atomic E-state index is 12.4. The lowest BCUT2D eigenvalue weighted by molar-refractivity contribution is -0.120. The van der Waals surface area contributed by atoms with Crippen LogP contribution < -0.4 is 10.1 Å². The summed E-state index contributed by atoms with van der Waals surface area (Å²) in [5.74, 6) is 1.75. The molecule has 0 aliphatic heterocycles. The van der Waals surface area contributed by atoms with Crippen LogP contribution in [-0.2, 0) is 24.2 Å². The lowest BCUT2D eigenvalue weighted by Gasteiger charge is -2.11. The number of rotatable bonds is 8. The van der Waals surface area contributed by atoms with Gasteiger partial charge in [0.2, 0.25) is 5.91 Å². The van der Waals surface area contributed by atoms with Crippen LogP contribution in [0, 0.1) is 0 Å². The van der Waals surface area contributed by atoms with Gasteiger partial charge < -0.3 is 14.6 Å². The van der Waals surface area contributed by atoms with Crippen molar-refractivity contribution in [3.05, 3.63) is 94.2 Å². The Labute approximate surface area is 190 Å². The largest absolute Gasteiger partial charge is 0.497 e. The highest BCUT2D eigenvalue weighted by molar-refractivity contribution is 9.10. The third-order valence-electron chi connectivity index (χ3n) is 5.18. The number of benzene rings is 3. The molecule has 1 aromatic heterocycles. The van der Waals surface area contributed by atoms with E-state index >= 15 is 0 Å². The van der Waals surface area contributed by atoms with Crippen molar-refractivity contribution in [3.63, 3.8) is 0 Å². The SMILES string of the molecule is COc1ccc(CC(=O)NCCc2nc3ccccc3n2Cc2ccc(Br)cc2)cc1. The van der Waals surface area contributed by atoms with Crippen LogP contribution in [0.15, 0.2) is 77.3 Å². The highest BCUT2D eigenvalue weighted by Crippen LogP contribution is 2.19. The summed E-state index contributed by atoms with van der Waals surface area (Å²) >= 11 is 3.49. The molecule has 0 fully saturated rings. The van der Waals surface area contributed by atoms with E-state index in [1.165, 1.54) is 5.56 Å². The van der Waals surface area contributed by atoms with Gasteiger partial charge >= 0.3 is 0 Å². The second-order valence-corrected chi connectivity index (χ2v) is 8.27. The van der Waals surface area contributed by atoms with Crippen LogP contribution in [0.2, 0.25) is 0 Å². The summed E-state index contributed by atoms with van der Waals surface area (Å²) in [6.07, 6.45) is 1.01. The smallest absolute Gasteiger partial charge is 0.224 e. The fraction of sp³-hybridized carbons (Fsp3) is 0.200. The first kappa shape index (κ1) is 21.1. The van der Waals surface area contributed by atoms with E-state index in [1.54, 1.807) is 7.11 Å². The molecule has 0 spiro atoms. The first-order chi connectivity index (χ1) is 15.1. The zero-order valence-corrected chi connectivity index (χ0v) is 18.9. The van der Waals surface area contributed by atoms with Gasteiger partial charge in [0.15, 0.2) is 0 Å². The molecule has 31 heavy (non-hydrogen) atoms. The van der Waals surface area contributed by atoms with E-state index in [4.69, 9.17) is 9.72 Å². The molecule has 0 aliphatic carbocycles. The molecule has 4 aromatic rings. The Morgan fingerprint density at radius 3 is 2.45 bits per heavy atom. The Bertz CT molecular complexity index is 1170. The number of halogens is 1. The van der Waals surface area contributed by atoms with E-state index in [0.29, 0.717) is 19.4 Å². The highest BCUT2D eigenvalue weighted by Gasteiger charge is 2.12. The molecule has 0 aliphatic rings. The van der Waals surface area contributed by atoms with Gasteiger partial charge in [0, 0.05) is 24.0 Å². The number of carbonyl (C=O) groups is 1. The van der Waals surface area contributed by atoms with Crippen LogP contribution in [0.4, 0.5) is 0 Å². The first-order valence-corrected chi connectivity index (χ1v) is 11.0. The molecule has 158 valence electrons. The van der Waals surface area contributed by atoms with Gasteiger partial charge in [-0.2, -0.15) is 0 Å². The standard InChI is InChI=1S/C25H24BrN3O2/c1-31-21-12-8-18(9-13-21)16-25(30)27-15-14-24-28-22-4-2-3-5-23(22)29(24)17-19-6-10-20(26)11-7-19/h2-13H,14-17H2,1H3,(H,27,30). The quantitative estimate of drug-likeness (QED) is 0.398. The number of hydrogen-bond donors (Lipinski definition) is 1. The van der Waals surface area contributed by atoms with E-state index < -0.39 is 0 Å². The minimum Gasteiger partial charge on any atom is -0.497 e. The monoisotopic (exact) mass is 477 g/mol. The van der Waals surface area contributed by atoms with Gasteiger partial charge in [-0.05, 0) is 47.5 Å². The second-order valence-electron chi connectivity index (χ2n) is 7.35. The number of imidazole rings is 1. The molecule has 1 N–H and O–H groups in total. The number of aromatic nitrogens is 2. The van der Waals surface area contributed by atoms with Crippen LogP contribution in [0.1, 0.15) is 17.0 Å². The van der Waals surface area contributed by atoms with Crippen molar-refractivity contribution in [1.82, 2.24) is 14.9 Å². The minimum atomic E-state index is 0.000683. The molecule has 0 unspecified atom stereocenters.